The van der Waals surface area contributed by atoms with E-state index in [-0.39, 0.29) is 24.5 Å². The smallest absolute Gasteiger partial charge is 0.322 e. The molecule has 6 heteroatoms. The number of amides is 1. The van der Waals surface area contributed by atoms with Gasteiger partial charge in [-0.1, -0.05) is 103 Å². The van der Waals surface area contributed by atoms with Crippen molar-refractivity contribution in [3.8, 4) is 0 Å². The van der Waals surface area contributed by atoms with Crippen molar-refractivity contribution in [3.05, 3.63) is 24.3 Å². The maximum Gasteiger partial charge on any atom is 0.322 e. The third-order valence-corrected chi connectivity index (χ3v) is 6.81. The van der Waals surface area contributed by atoms with Crippen LogP contribution in [0.4, 0.5) is 0 Å². The molecule has 0 saturated heterocycles. The van der Waals surface area contributed by atoms with Crippen molar-refractivity contribution < 1.29 is 24.2 Å². The number of carboxylic acids is 1. The summed E-state index contributed by atoms with van der Waals surface area (Å²) in [5.74, 6) is -1.34. The van der Waals surface area contributed by atoms with Crippen LogP contribution in [0.2, 0.25) is 0 Å². The Morgan fingerprint density at radius 3 is 1.90 bits per heavy atom. The number of allylic oxidation sites excluding steroid dienone is 3. The van der Waals surface area contributed by atoms with Gasteiger partial charge < -0.3 is 15.2 Å². The molecule has 1 amide bonds. The number of ether oxygens (including phenoxy) is 1. The number of hydrogen-bond donors (Lipinski definition) is 2. The Balaban J connectivity index is 4.24. The molecule has 1 unspecified atom stereocenters. The van der Waals surface area contributed by atoms with Crippen molar-refractivity contribution in [2.24, 2.45) is 0 Å². The summed E-state index contributed by atoms with van der Waals surface area (Å²) in [6.07, 6.45) is 31.6. The van der Waals surface area contributed by atoms with Crippen LogP contribution in [0.3, 0.4) is 0 Å². The summed E-state index contributed by atoms with van der Waals surface area (Å²) in [6, 6.07) is 0. The minimum Gasteiger partial charge on any atom is -0.480 e. The average Bonchev–Trinajstić information content (AvgIpc) is 2.91. The average molecular weight is 550 g/mol. The molecule has 6 nitrogen and oxygen atoms in total. The van der Waals surface area contributed by atoms with Gasteiger partial charge in [-0.05, 0) is 63.9 Å². The quantitative estimate of drug-likeness (QED) is 0.0578. The van der Waals surface area contributed by atoms with Crippen LogP contribution in [-0.2, 0) is 19.1 Å². The molecule has 0 aliphatic heterocycles. The monoisotopic (exact) mass is 549 g/mol. The lowest BCUT2D eigenvalue weighted by molar-refractivity contribution is -0.147. The fourth-order valence-corrected chi connectivity index (χ4v) is 4.42. The van der Waals surface area contributed by atoms with E-state index in [1.807, 2.05) is 0 Å². The molecule has 0 spiro atoms. The second kappa shape index (κ2) is 28.9. The molecule has 0 aromatic rings. The van der Waals surface area contributed by atoms with Crippen LogP contribution < -0.4 is 5.32 Å². The van der Waals surface area contributed by atoms with Crippen LogP contribution >= 0.6 is 0 Å². The lowest BCUT2D eigenvalue weighted by atomic mass is 10.1. The van der Waals surface area contributed by atoms with E-state index in [2.05, 4.69) is 43.5 Å². The molecule has 0 bridgehead atoms. The van der Waals surface area contributed by atoms with Crippen molar-refractivity contribution in [1.82, 2.24) is 5.32 Å². The predicted octanol–water partition coefficient (Wildman–Crippen LogP) is 8.83. The lowest BCUT2D eigenvalue weighted by Gasteiger charge is -2.15. The van der Waals surface area contributed by atoms with Gasteiger partial charge in [-0.3, -0.25) is 14.4 Å². The maximum absolute atomic E-state index is 12.5. The first-order valence-electron chi connectivity index (χ1n) is 16.0. The Labute approximate surface area is 239 Å². The molecule has 39 heavy (non-hydrogen) atoms. The fraction of sp³-hybridized carbons (Fsp3) is 0.788. The first-order chi connectivity index (χ1) is 19.0. The number of carbonyl (C=O) groups excluding carboxylic acids is 2. The van der Waals surface area contributed by atoms with Crippen LogP contribution in [0.5, 0.6) is 0 Å². The molecule has 2 N–H and O–H groups in total. The Morgan fingerprint density at radius 1 is 0.667 bits per heavy atom. The van der Waals surface area contributed by atoms with Crippen LogP contribution in [0.1, 0.15) is 155 Å². The molecule has 1 atom stereocenters. The predicted molar refractivity (Wildman–Crippen MR) is 162 cm³/mol. The summed E-state index contributed by atoms with van der Waals surface area (Å²) < 4.78 is 5.84. The molecule has 0 rings (SSSR count). The summed E-state index contributed by atoms with van der Waals surface area (Å²) in [5, 5.41) is 11.0. The van der Waals surface area contributed by atoms with Gasteiger partial charge in [-0.15, -0.1) is 0 Å². The SMILES string of the molecule is CCC/C=C\CCCCCCCC(=O)OC(/C=C\CCCCCCCC)CCCCCCC(=O)NCC(=O)O. The van der Waals surface area contributed by atoms with Crippen molar-refractivity contribution in [2.75, 3.05) is 6.54 Å². The van der Waals surface area contributed by atoms with E-state index in [4.69, 9.17) is 9.84 Å². The molecular weight excluding hydrogens is 490 g/mol. The van der Waals surface area contributed by atoms with Crippen LogP contribution in [0.15, 0.2) is 24.3 Å². The largest absolute Gasteiger partial charge is 0.480 e. The highest BCUT2D eigenvalue weighted by Crippen LogP contribution is 2.15. The van der Waals surface area contributed by atoms with Crippen molar-refractivity contribution >= 4 is 17.8 Å². The molecule has 0 aromatic heterocycles. The Kier molecular flexibility index (Phi) is 27.3. The number of unbranched alkanes of at least 4 members (excludes halogenated alkanes) is 15. The van der Waals surface area contributed by atoms with E-state index in [9.17, 15) is 14.4 Å². The number of carbonyl (C=O) groups is 3. The second-order valence-corrected chi connectivity index (χ2v) is 10.7. The summed E-state index contributed by atoms with van der Waals surface area (Å²) in [6.45, 7) is 4.11. The van der Waals surface area contributed by atoms with E-state index in [1.54, 1.807) is 0 Å². The molecule has 0 aliphatic rings. The molecule has 0 aliphatic carbocycles. The van der Waals surface area contributed by atoms with Gasteiger partial charge in [0.25, 0.3) is 0 Å². The molecule has 0 heterocycles. The van der Waals surface area contributed by atoms with Crippen LogP contribution in [0.25, 0.3) is 0 Å². The zero-order chi connectivity index (χ0) is 28.8. The topological polar surface area (TPSA) is 92.7 Å². The highest BCUT2D eigenvalue weighted by atomic mass is 16.5. The van der Waals surface area contributed by atoms with E-state index < -0.39 is 5.97 Å². The van der Waals surface area contributed by atoms with Crippen molar-refractivity contribution in [2.45, 2.75) is 161 Å². The zero-order valence-electron chi connectivity index (χ0n) is 25.2. The second-order valence-electron chi connectivity index (χ2n) is 10.7. The van der Waals surface area contributed by atoms with E-state index in [1.165, 1.54) is 70.6 Å². The summed E-state index contributed by atoms with van der Waals surface area (Å²) in [5.41, 5.74) is 0. The molecular formula is C33H59NO5. The first kappa shape index (κ1) is 36.9. The van der Waals surface area contributed by atoms with E-state index >= 15 is 0 Å². The first-order valence-corrected chi connectivity index (χ1v) is 16.0. The van der Waals surface area contributed by atoms with Crippen LogP contribution in [-0.4, -0.2) is 35.6 Å². The Hall–Kier alpha value is -2.11. The van der Waals surface area contributed by atoms with Crippen molar-refractivity contribution in [1.29, 1.82) is 0 Å². The lowest BCUT2D eigenvalue weighted by Crippen LogP contribution is -2.28. The normalized spacial score (nSPS) is 12.3. The number of carboxylic acid groups (broad SMARTS) is 1. The van der Waals surface area contributed by atoms with E-state index in [0.717, 1.165) is 57.8 Å². The van der Waals surface area contributed by atoms with Gasteiger partial charge in [0, 0.05) is 12.8 Å². The Morgan fingerprint density at radius 2 is 1.23 bits per heavy atom. The number of nitrogens with one attached hydrogen (secondary N) is 1. The number of aliphatic carboxylic acids is 1. The molecule has 226 valence electrons. The van der Waals surface area contributed by atoms with Crippen LogP contribution in [0, 0.1) is 0 Å². The van der Waals surface area contributed by atoms with Gasteiger partial charge in [0.15, 0.2) is 0 Å². The number of esters is 1. The third kappa shape index (κ3) is 28.7. The maximum atomic E-state index is 12.5. The Bertz CT molecular complexity index is 658. The molecule has 0 saturated carbocycles. The minimum absolute atomic E-state index is 0.0955. The highest BCUT2D eigenvalue weighted by molar-refractivity contribution is 5.80. The van der Waals surface area contributed by atoms with Gasteiger partial charge in [-0.2, -0.15) is 0 Å². The number of rotatable bonds is 28. The van der Waals surface area contributed by atoms with Gasteiger partial charge in [0.1, 0.15) is 12.6 Å². The number of hydrogen-bond acceptors (Lipinski definition) is 4. The molecule has 0 fully saturated rings. The zero-order valence-corrected chi connectivity index (χ0v) is 25.2. The fourth-order valence-electron chi connectivity index (χ4n) is 4.42. The highest BCUT2D eigenvalue weighted by Gasteiger charge is 2.12. The third-order valence-electron chi connectivity index (χ3n) is 6.81. The van der Waals surface area contributed by atoms with Gasteiger partial charge in [0.2, 0.25) is 5.91 Å². The standard InChI is InChI=1S/C33H59NO5/c1-3-5-7-9-11-13-14-16-18-24-28-33(38)39-30(25-21-17-15-12-10-8-6-4-2)26-22-19-20-23-27-31(35)34-29-32(36)37/h7,9,21,25,30H,3-6,8,10-20,22-24,26-29H2,1-2H3,(H,34,35)(H,36,37)/b9-7-,25-21-. The summed E-state index contributed by atoms with van der Waals surface area (Å²) in [7, 11) is 0. The molecule has 0 radical (unpaired) electrons. The van der Waals surface area contributed by atoms with E-state index in [0.29, 0.717) is 12.8 Å². The minimum atomic E-state index is -1.03. The van der Waals surface area contributed by atoms with Gasteiger partial charge in [0.05, 0.1) is 0 Å². The van der Waals surface area contributed by atoms with Gasteiger partial charge >= 0.3 is 11.9 Å². The summed E-state index contributed by atoms with van der Waals surface area (Å²) in [4.78, 5) is 34.6. The van der Waals surface area contributed by atoms with Gasteiger partial charge in [-0.25, -0.2) is 0 Å². The summed E-state index contributed by atoms with van der Waals surface area (Å²) >= 11 is 0. The van der Waals surface area contributed by atoms with Crippen molar-refractivity contribution in [3.63, 3.8) is 0 Å². The molecule has 0 aromatic carbocycles.